The van der Waals surface area contributed by atoms with Crippen molar-refractivity contribution in [2.75, 3.05) is 19.7 Å². The molecule has 0 aliphatic carbocycles. The zero-order valence-corrected chi connectivity index (χ0v) is 15.1. The molecule has 0 saturated carbocycles. The second-order valence-corrected chi connectivity index (χ2v) is 5.05. The van der Waals surface area contributed by atoms with Crippen molar-refractivity contribution >= 4 is 23.8 Å². The molecule has 0 heterocycles. The number of hydrogen-bond acceptors (Lipinski definition) is 7. The Balaban J connectivity index is 3.43. The predicted molar refractivity (Wildman–Crippen MR) is 94.9 cm³/mol. The van der Waals surface area contributed by atoms with Crippen LogP contribution in [0.1, 0.15) is 26.3 Å². The normalized spacial score (nSPS) is 10.7. The lowest BCUT2D eigenvalue weighted by molar-refractivity contribution is -0.385. The molecule has 0 radical (unpaired) electrons. The molecule has 0 unspecified atom stereocenters. The molecule has 1 aromatic carbocycles. The van der Waals surface area contributed by atoms with Gasteiger partial charge in [-0.05, 0) is 38.5 Å². The van der Waals surface area contributed by atoms with E-state index < -0.39 is 34.2 Å². The smallest absolute Gasteiger partial charge is 0.499 e. The number of nitro groups is 1. The quantitative estimate of drug-likeness (QED) is 0.193. The van der Waals surface area contributed by atoms with Crippen LogP contribution < -0.4 is 4.74 Å². The average Bonchev–Trinajstić information content (AvgIpc) is 2.62. The number of benzene rings is 1. The molecule has 10 nitrogen and oxygen atoms in total. The number of ether oxygens (including phenoxy) is 2. The largest absolute Gasteiger partial charge is 0.513 e. The van der Waals surface area contributed by atoms with Gasteiger partial charge >= 0.3 is 11.8 Å². The van der Waals surface area contributed by atoms with Crippen LogP contribution in [0.3, 0.4) is 0 Å². The summed E-state index contributed by atoms with van der Waals surface area (Å²) >= 11 is 0. The fourth-order valence-corrected chi connectivity index (χ4v) is 2.12. The average molecular weight is 377 g/mol. The maximum atomic E-state index is 12.3. The van der Waals surface area contributed by atoms with E-state index in [9.17, 15) is 24.8 Å². The first-order chi connectivity index (χ1) is 12.8. The van der Waals surface area contributed by atoms with Crippen molar-refractivity contribution in [2.45, 2.75) is 20.8 Å². The Kier molecular flexibility index (Phi) is 7.75. The monoisotopic (exact) mass is 377 g/mol. The van der Waals surface area contributed by atoms with Crippen molar-refractivity contribution in [2.24, 2.45) is 0 Å². The van der Waals surface area contributed by atoms with Crippen LogP contribution in [0.4, 0.5) is 10.5 Å². The molecular weight excluding hydrogens is 358 g/mol. The number of carbonyl (C=O) groups excluding carboxylic acids is 2. The fraction of sp³-hybridized carbons (Fsp3) is 0.353. The molecule has 0 bridgehead atoms. The first kappa shape index (κ1) is 21.4. The summed E-state index contributed by atoms with van der Waals surface area (Å²) in [5.74, 6) is -1.93. The fourth-order valence-electron chi connectivity index (χ4n) is 2.12. The second-order valence-electron chi connectivity index (χ2n) is 5.05. The van der Waals surface area contributed by atoms with Gasteiger partial charge in [-0.1, -0.05) is 0 Å². The highest BCUT2D eigenvalue weighted by Gasteiger charge is 2.23. The Morgan fingerprint density at radius 3 is 2.44 bits per heavy atom. The summed E-state index contributed by atoms with van der Waals surface area (Å²) in [6.07, 6.45) is -0.0363. The highest BCUT2D eigenvalue weighted by Crippen LogP contribution is 2.38. The van der Waals surface area contributed by atoms with Crippen LogP contribution in [0.15, 0.2) is 17.8 Å². The van der Waals surface area contributed by atoms with Crippen molar-refractivity contribution in [3.05, 3.63) is 44.9 Å². The number of phenols is 1. The number of hydrogen-bond donors (Lipinski definition) is 1. The van der Waals surface area contributed by atoms with E-state index in [2.05, 4.69) is 9.58 Å². The third-order valence-electron chi connectivity index (χ3n) is 3.42. The van der Waals surface area contributed by atoms with Crippen LogP contribution in [-0.2, 0) is 9.53 Å². The summed E-state index contributed by atoms with van der Waals surface area (Å²) < 4.78 is 9.34. The molecule has 0 aromatic heterocycles. The van der Waals surface area contributed by atoms with Gasteiger partial charge in [0.05, 0.1) is 18.1 Å². The lowest BCUT2D eigenvalue weighted by Crippen LogP contribution is -2.30. The standard InChI is InChI=1S/C17H19N3O7/c1-5-19(6-2)16(22)12(18-4)8-11-9-13(20(24)25)15(21)14(10-11)27-17(23)26-7-3/h8-10,21H,5-7H2,1-3H3/b12-8+. The number of rotatable bonds is 7. The van der Waals surface area contributed by atoms with Crippen LogP contribution in [0.2, 0.25) is 0 Å². The molecule has 1 rings (SSSR count). The second kappa shape index (κ2) is 9.76. The van der Waals surface area contributed by atoms with Gasteiger partial charge in [0.1, 0.15) is 0 Å². The van der Waals surface area contributed by atoms with Gasteiger partial charge in [0.25, 0.3) is 11.6 Å². The zero-order chi connectivity index (χ0) is 20.6. The maximum absolute atomic E-state index is 12.3. The Labute approximate surface area is 155 Å². The number of phenolic OH excluding ortho intramolecular Hbond substituents is 1. The van der Waals surface area contributed by atoms with Crippen LogP contribution >= 0.6 is 0 Å². The maximum Gasteiger partial charge on any atom is 0.513 e. The van der Waals surface area contributed by atoms with Crippen molar-refractivity contribution in [1.82, 2.24) is 4.90 Å². The van der Waals surface area contributed by atoms with E-state index in [1.165, 1.54) is 11.8 Å². The number of amides is 1. The van der Waals surface area contributed by atoms with Crippen molar-refractivity contribution in [1.29, 1.82) is 0 Å². The molecule has 0 aliphatic rings. The molecule has 1 aromatic rings. The molecule has 0 atom stereocenters. The topological polar surface area (TPSA) is 124 Å². The van der Waals surface area contributed by atoms with Gasteiger partial charge in [0.15, 0.2) is 5.75 Å². The van der Waals surface area contributed by atoms with E-state index in [-0.39, 0.29) is 17.9 Å². The van der Waals surface area contributed by atoms with E-state index in [1.54, 1.807) is 13.8 Å². The van der Waals surface area contributed by atoms with Crippen molar-refractivity contribution < 1.29 is 29.1 Å². The van der Waals surface area contributed by atoms with Crippen molar-refractivity contribution in [3.8, 4) is 11.5 Å². The summed E-state index contributed by atoms with van der Waals surface area (Å²) in [6.45, 7) is 13.0. The van der Waals surface area contributed by atoms with E-state index in [0.29, 0.717) is 13.1 Å². The number of nitrogens with zero attached hydrogens (tertiary/aromatic N) is 3. The van der Waals surface area contributed by atoms with E-state index in [4.69, 9.17) is 11.3 Å². The molecule has 0 aliphatic heterocycles. The molecule has 27 heavy (non-hydrogen) atoms. The summed E-state index contributed by atoms with van der Waals surface area (Å²) in [6, 6.07) is 2.06. The van der Waals surface area contributed by atoms with Crippen LogP contribution in [0.5, 0.6) is 11.5 Å². The molecule has 10 heteroatoms. The molecule has 0 fully saturated rings. The van der Waals surface area contributed by atoms with Gasteiger partial charge in [-0.2, -0.15) is 0 Å². The van der Waals surface area contributed by atoms with Crippen LogP contribution in [-0.4, -0.2) is 46.7 Å². The number of carbonyl (C=O) groups is 2. The zero-order valence-electron chi connectivity index (χ0n) is 15.1. The SMILES string of the molecule is [C-]#[N+]/C(=C/c1cc(OC(=O)OCC)c(O)c([N+](=O)[O-])c1)C(=O)N(CC)CC. The van der Waals surface area contributed by atoms with Gasteiger partial charge in [-0.25, -0.2) is 9.64 Å². The van der Waals surface area contributed by atoms with E-state index in [1.807, 2.05) is 0 Å². The summed E-state index contributed by atoms with van der Waals surface area (Å²) in [7, 11) is 0. The predicted octanol–water partition coefficient (Wildman–Crippen LogP) is 2.96. The van der Waals surface area contributed by atoms with E-state index >= 15 is 0 Å². The molecule has 0 saturated heterocycles. The summed E-state index contributed by atoms with van der Waals surface area (Å²) in [5.41, 5.74) is -0.992. The lowest BCUT2D eigenvalue weighted by atomic mass is 10.1. The first-order valence-corrected chi connectivity index (χ1v) is 8.03. The van der Waals surface area contributed by atoms with Gasteiger partial charge in [0, 0.05) is 19.2 Å². The Hall–Kier alpha value is -3.61. The van der Waals surface area contributed by atoms with Crippen LogP contribution in [0, 0.1) is 16.7 Å². The number of likely N-dealkylation sites (N-methyl/N-ethyl adjacent to an activating group) is 1. The Bertz CT molecular complexity index is 807. The lowest BCUT2D eigenvalue weighted by Gasteiger charge is -2.18. The molecule has 1 amide bonds. The van der Waals surface area contributed by atoms with Gasteiger partial charge in [0.2, 0.25) is 5.75 Å². The Morgan fingerprint density at radius 2 is 1.96 bits per heavy atom. The minimum absolute atomic E-state index is 0.00151. The number of nitro benzene ring substituents is 1. The minimum Gasteiger partial charge on any atom is -0.499 e. The summed E-state index contributed by atoms with van der Waals surface area (Å²) in [4.78, 5) is 38.6. The third-order valence-corrected chi connectivity index (χ3v) is 3.42. The number of aromatic hydroxyl groups is 1. The van der Waals surface area contributed by atoms with E-state index in [0.717, 1.165) is 18.2 Å². The molecule has 1 N–H and O–H groups in total. The highest BCUT2D eigenvalue weighted by atomic mass is 16.7. The molecular formula is C17H19N3O7. The van der Waals surface area contributed by atoms with Gasteiger partial charge < -0.3 is 19.5 Å². The highest BCUT2D eigenvalue weighted by molar-refractivity contribution is 5.99. The molecule has 0 spiro atoms. The van der Waals surface area contributed by atoms with Crippen molar-refractivity contribution in [3.63, 3.8) is 0 Å². The minimum atomic E-state index is -1.16. The third kappa shape index (κ3) is 5.43. The van der Waals surface area contributed by atoms with Gasteiger partial charge in [-0.15, -0.1) is 0 Å². The first-order valence-electron chi connectivity index (χ1n) is 8.03. The molecule has 144 valence electrons. The summed E-state index contributed by atoms with van der Waals surface area (Å²) in [5, 5.41) is 21.1. The van der Waals surface area contributed by atoms with Crippen LogP contribution in [0.25, 0.3) is 10.9 Å². The Morgan fingerprint density at radius 1 is 1.33 bits per heavy atom. The van der Waals surface area contributed by atoms with Gasteiger partial charge in [-0.3, -0.25) is 14.9 Å².